The molecule has 4 aromatic rings. The first-order valence-corrected chi connectivity index (χ1v) is 14.7. The number of pyridine rings is 1. The fourth-order valence-electron chi connectivity index (χ4n) is 4.20. The van der Waals surface area contributed by atoms with Crippen LogP contribution in [0, 0.1) is 0 Å². The predicted octanol–water partition coefficient (Wildman–Crippen LogP) is 5.19. The van der Waals surface area contributed by atoms with Crippen LogP contribution in [-0.4, -0.2) is 48.3 Å². The van der Waals surface area contributed by atoms with Crippen molar-refractivity contribution < 1.29 is 17.9 Å². The van der Waals surface area contributed by atoms with Crippen LogP contribution >= 0.6 is 34.3 Å². The maximum Gasteiger partial charge on any atom is 0.253 e. The molecule has 0 spiro atoms. The summed E-state index contributed by atoms with van der Waals surface area (Å²) < 4.78 is 35.1. The number of fused-ring (bicyclic) bond motifs is 1. The topological polar surface area (TPSA) is 92.7 Å². The van der Waals surface area contributed by atoms with E-state index in [1.807, 2.05) is 30.3 Å². The number of rotatable bonds is 7. The molecule has 4 heterocycles. The molecule has 0 radical (unpaired) electrons. The summed E-state index contributed by atoms with van der Waals surface area (Å²) in [5.74, 6) is 0.372. The average Bonchev–Trinajstić information content (AvgIpc) is 3.53. The van der Waals surface area contributed by atoms with Gasteiger partial charge in [-0.1, -0.05) is 35.4 Å². The van der Waals surface area contributed by atoms with Crippen LogP contribution < -0.4 is 9.64 Å². The van der Waals surface area contributed by atoms with E-state index in [-0.39, 0.29) is 23.2 Å². The molecule has 1 aromatic carbocycles. The lowest BCUT2D eigenvalue weighted by Crippen LogP contribution is -2.52. The van der Waals surface area contributed by atoms with Gasteiger partial charge < -0.3 is 4.74 Å². The van der Waals surface area contributed by atoms with Crippen LogP contribution in [0.25, 0.3) is 10.2 Å². The number of nitrogens with zero attached hydrogens (tertiary/aromatic N) is 4. The number of piperidine rings is 1. The number of thiophene rings is 1. The molecule has 1 aliphatic rings. The van der Waals surface area contributed by atoms with Crippen molar-refractivity contribution >= 4 is 65.6 Å². The highest BCUT2D eigenvalue weighted by molar-refractivity contribution is 7.91. The van der Waals surface area contributed by atoms with Crippen molar-refractivity contribution in [3.63, 3.8) is 0 Å². The quantitative estimate of drug-likeness (QED) is 0.308. The number of benzene rings is 1. The molecule has 1 fully saturated rings. The van der Waals surface area contributed by atoms with Crippen LogP contribution in [0.1, 0.15) is 25.0 Å². The number of carbonyl (C=O) groups excluding carboxylic acids is 1. The Morgan fingerprint density at radius 3 is 2.78 bits per heavy atom. The van der Waals surface area contributed by atoms with E-state index in [9.17, 15) is 13.2 Å². The summed E-state index contributed by atoms with van der Waals surface area (Å²) in [6, 6.07) is 13.2. The van der Waals surface area contributed by atoms with Crippen molar-refractivity contribution in [3.05, 3.63) is 64.8 Å². The van der Waals surface area contributed by atoms with Gasteiger partial charge in [-0.25, -0.2) is 13.4 Å². The van der Waals surface area contributed by atoms with Crippen LogP contribution in [0.15, 0.2) is 58.9 Å². The maximum atomic E-state index is 14.1. The normalized spacial score (nSPS) is 16.8. The summed E-state index contributed by atoms with van der Waals surface area (Å²) in [4.78, 5) is 24.8. The fourth-order valence-corrected chi connectivity index (χ4v) is 8.46. The SMILES string of the molecule is COc1ccc2nc(N(Cc3ccccn3)C(=O)C3CCCCN3S(=O)(=O)c3ccc(Cl)s3)sc2c1. The van der Waals surface area contributed by atoms with Gasteiger partial charge in [0.15, 0.2) is 5.13 Å². The van der Waals surface area contributed by atoms with Crippen LogP contribution in [0.4, 0.5) is 5.13 Å². The zero-order valence-corrected chi connectivity index (χ0v) is 22.5. The largest absolute Gasteiger partial charge is 0.497 e. The Bertz CT molecular complexity index is 1490. The van der Waals surface area contributed by atoms with Gasteiger partial charge in [-0.2, -0.15) is 4.31 Å². The Morgan fingerprint density at radius 2 is 2.06 bits per heavy atom. The van der Waals surface area contributed by atoms with Gasteiger partial charge >= 0.3 is 0 Å². The van der Waals surface area contributed by atoms with Gasteiger partial charge in [0.2, 0.25) is 5.91 Å². The van der Waals surface area contributed by atoms with E-state index in [1.54, 1.807) is 30.3 Å². The second kappa shape index (κ2) is 10.4. The molecule has 1 unspecified atom stereocenters. The Labute approximate surface area is 222 Å². The maximum absolute atomic E-state index is 14.1. The number of halogens is 1. The predicted molar refractivity (Wildman–Crippen MR) is 142 cm³/mol. The number of aromatic nitrogens is 2. The third kappa shape index (κ3) is 4.98. The minimum atomic E-state index is -3.89. The van der Waals surface area contributed by atoms with Crippen LogP contribution in [0.3, 0.4) is 0 Å². The first-order chi connectivity index (χ1) is 17.4. The number of anilines is 1. The number of hydrogen-bond acceptors (Lipinski definition) is 8. The average molecular weight is 563 g/mol. The van der Waals surface area contributed by atoms with Crippen molar-refractivity contribution in [1.29, 1.82) is 0 Å². The molecule has 0 aliphatic carbocycles. The molecular formula is C24H23ClN4O4S3. The van der Waals surface area contributed by atoms with E-state index >= 15 is 0 Å². The molecule has 188 valence electrons. The standard InChI is InChI=1S/C24H23ClN4O4S3/c1-33-17-8-9-18-20(14-17)34-24(27-18)28(15-16-6-2-4-12-26-16)23(30)19-7-3-5-13-29(19)36(31,32)22-11-10-21(25)35-22/h2,4,6,8-12,14,19H,3,5,7,13,15H2,1H3. The molecular weight excluding hydrogens is 540 g/mol. The summed E-state index contributed by atoms with van der Waals surface area (Å²) in [7, 11) is -2.29. The molecule has 3 aromatic heterocycles. The molecule has 5 rings (SSSR count). The lowest BCUT2D eigenvalue weighted by Gasteiger charge is -2.35. The van der Waals surface area contributed by atoms with Gasteiger partial charge in [0.1, 0.15) is 16.0 Å². The monoisotopic (exact) mass is 562 g/mol. The van der Waals surface area contributed by atoms with E-state index in [0.29, 0.717) is 33.8 Å². The zero-order chi connectivity index (χ0) is 25.3. The minimum absolute atomic E-state index is 0.135. The number of carbonyl (C=O) groups is 1. The molecule has 1 amide bonds. The zero-order valence-electron chi connectivity index (χ0n) is 19.3. The third-order valence-electron chi connectivity index (χ3n) is 5.98. The second-order valence-corrected chi connectivity index (χ2v) is 13.1. The third-order valence-corrected chi connectivity index (χ3v) is 10.6. The number of ether oxygens (including phenoxy) is 1. The Kier molecular flexibility index (Phi) is 7.27. The highest BCUT2D eigenvalue weighted by atomic mass is 35.5. The number of hydrogen-bond donors (Lipinski definition) is 0. The summed E-state index contributed by atoms with van der Waals surface area (Å²) in [6.45, 7) is 0.439. The van der Waals surface area contributed by atoms with Crippen LogP contribution in [-0.2, 0) is 21.4 Å². The molecule has 8 nitrogen and oxygen atoms in total. The number of amides is 1. The van der Waals surface area contributed by atoms with E-state index in [0.717, 1.165) is 28.0 Å². The van der Waals surface area contributed by atoms with E-state index in [4.69, 9.17) is 21.3 Å². The van der Waals surface area contributed by atoms with Crippen LogP contribution in [0.2, 0.25) is 4.34 Å². The molecule has 36 heavy (non-hydrogen) atoms. The van der Waals surface area contributed by atoms with Gasteiger partial charge in [0.05, 0.1) is 33.9 Å². The van der Waals surface area contributed by atoms with Gasteiger partial charge in [0.25, 0.3) is 10.0 Å². The fraction of sp³-hybridized carbons (Fsp3) is 0.292. The van der Waals surface area contributed by atoms with E-state index in [1.165, 1.54) is 21.7 Å². The van der Waals surface area contributed by atoms with Crippen molar-refractivity contribution in [2.45, 2.75) is 36.1 Å². The second-order valence-electron chi connectivity index (χ2n) is 8.26. The molecule has 1 atom stereocenters. The lowest BCUT2D eigenvalue weighted by atomic mass is 10.0. The number of thiazole rings is 1. The van der Waals surface area contributed by atoms with Crippen molar-refractivity contribution in [3.8, 4) is 5.75 Å². The smallest absolute Gasteiger partial charge is 0.253 e. The summed E-state index contributed by atoms with van der Waals surface area (Å²) in [5, 5.41) is 0.482. The Hall–Kier alpha value is -2.57. The van der Waals surface area contributed by atoms with E-state index < -0.39 is 16.1 Å². The molecule has 0 bridgehead atoms. The summed E-state index contributed by atoms with van der Waals surface area (Å²) >= 11 is 8.38. The highest BCUT2D eigenvalue weighted by Gasteiger charge is 2.41. The van der Waals surface area contributed by atoms with E-state index in [2.05, 4.69) is 4.98 Å². The van der Waals surface area contributed by atoms with Gasteiger partial charge in [0, 0.05) is 12.7 Å². The van der Waals surface area contributed by atoms with Gasteiger partial charge in [-0.15, -0.1) is 11.3 Å². The highest BCUT2D eigenvalue weighted by Crippen LogP contribution is 2.36. The minimum Gasteiger partial charge on any atom is -0.497 e. The summed E-state index contributed by atoms with van der Waals surface area (Å²) in [5.41, 5.74) is 1.41. The Morgan fingerprint density at radius 1 is 1.19 bits per heavy atom. The number of methoxy groups -OCH3 is 1. The first-order valence-electron chi connectivity index (χ1n) is 11.3. The lowest BCUT2D eigenvalue weighted by molar-refractivity contribution is -0.123. The Balaban J connectivity index is 1.54. The molecule has 0 N–H and O–H groups in total. The molecule has 0 saturated carbocycles. The number of sulfonamides is 1. The van der Waals surface area contributed by atoms with Crippen molar-refractivity contribution in [1.82, 2.24) is 14.3 Å². The van der Waals surface area contributed by atoms with Crippen LogP contribution in [0.5, 0.6) is 5.75 Å². The van der Waals surface area contributed by atoms with Crippen molar-refractivity contribution in [2.24, 2.45) is 0 Å². The molecule has 1 saturated heterocycles. The molecule has 12 heteroatoms. The molecule has 1 aliphatic heterocycles. The van der Waals surface area contributed by atoms with Gasteiger partial charge in [-0.05, 0) is 55.3 Å². The van der Waals surface area contributed by atoms with Gasteiger partial charge in [-0.3, -0.25) is 14.7 Å². The summed E-state index contributed by atoms with van der Waals surface area (Å²) in [6.07, 6.45) is 3.53. The van der Waals surface area contributed by atoms with Crippen molar-refractivity contribution in [2.75, 3.05) is 18.6 Å². The first kappa shape index (κ1) is 25.1.